The third-order valence-electron chi connectivity index (χ3n) is 6.25. The number of aromatic nitrogens is 3. The molecule has 2 aromatic carbocycles. The Morgan fingerprint density at radius 3 is 2.31 bits per heavy atom. The quantitative estimate of drug-likeness (QED) is 0.392. The highest BCUT2D eigenvalue weighted by Gasteiger charge is 2.44. The van der Waals surface area contributed by atoms with Crippen LogP contribution in [0.2, 0.25) is 0 Å². The Labute approximate surface area is 205 Å². The van der Waals surface area contributed by atoms with Crippen LogP contribution in [0.3, 0.4) is 0 Å². The van der Waals surface area contributed by atoms with Crippen LogP contribution in [-0.4, -0.2) is 50.4 Å². The van der Waals surface area contributed by atoms with Crippen molar-refractivity contribution in [1.29, 1.82) is 0 Å². The molecule has 3 amide bonds. The van der Waals surface area contributed by atoms with Gasteiger partial charge in [0.1, 0.15) is 11.8 Å². The zero-order chi connectivity index (χ0) is 24.7. The van der Waals surface area contributed by atoms with E-state index in [1.165, 1.54) is 11.3 Å². The molecule has 0 spiro atoms. The number of nitrogens with zero attached hydrogens (tertiary/aromatic N) is 4. The van der Waals surface area contributed by atoms with Crippen LogP contribution >= 0.6 is 11.3 Å². The predicted octanol–water partition coefficient (Wildman–Crippen LogP) is 4.12. The summed E-state index contributed by atoms with van der Waals surface area (Å²) in [5.41, 5.74) is 2.23. The van der Waals surface area contributed by atoms with Gasteiger partial charge in [-0.15, -0.1) is 16.4 Å². The SMILES string of the molecule is CCC(C)C(C(=O)Nc1nc2scc(-c3ccccc3OC)n2n1)N1C(=O)c2ccccc2C1=O. The summed E-state index contributed by atoms with van der Waals surface area (Å²) in [6.45, 7) is 3.75. The van der Waals surface area contributed by atoms with Gasteiger partial charge in [-0.25, -0.2) is 4.52 Å². The molecule has 0 fully saturated rings. The van der Waals surface area contributed by atoms with E-state index in [2.05, 4.69) is 15.4 Å². The average molecular weight is 490 g/mol. The minimum absolute atomic E-state index is 0.0999. The fraction of sp³-hybridized carbons (Fsp3) is 0.240. The molecule has 5 rings (SSSR count). The Bertz CT molecular complexity index is 1420. The summed E-state index contributed by atoms with van der Waals surface area (Å²) in [5, 5.41) is 9.12. The van der Waals surface area contributed by atoms with Gasteiger partial charge in [-0.1, -0.05) is 44.5 Å². The largest absolute Gasteiger partial charge is 0.496 e. The Hall–Kier alpha value is -4.05. The molecule has 1 aliphatic rings. The van der Waals surface area contributed by atoms with Gasteiger partial charge in [0.05, 0.1) is 23.9 Å². The second-order valence-corrected chi connectivity index (χ2v) is 9.13. The number of hydrogen-bond acceptors (Lipinski definition) is 7. The maximum absolute atomic E-state index is 13.4. The highest BCUT2D eigenvalue weighted by Crippen LogP contribution is 2.33. The maximum atomic E-state index is 13.4. The predicted molar refractivity (Wildman–Crippen MR) is 132 cm³/mol. The van der Waals surface area contributed by atoms with Crippen LogP contribution < -0.4 is 10.1 Å². The van der Waals surface area contributed by atoms with Gasteiger partial charge in [-0.2, -0.15) is 4.98 Å². The number of methoxy groups -OCH3 is 1. The summed E-state index contributed by atoms with van der Waals surface area (Å²) in [7, 11) is 1.60. The fourth-order valence-corrected chi connectivity index (χ4v) is 5.10. The Kier molecular flexibility index (Phi) is 5.81. The number of ether oxygens (including phenoxy) is 1. The zero-order valence-electron chi connectivity index (χ0n) is 19.4. The number of imide groups is 1. The lowest BCUT2D eigenvalue weighted by atomic mass is 9.96. The topological polar surface area (TPSA) is 106 Å². The number of carbonyl (C=O) groups excluding carboxylic acids is 3. The minimum Gasteiger partial charge on any atom is -0.496 e. The molecular weight excluding hydrogens is 466 g/mol. The normalized spacial score (nSPS) is 14.8. The maximum Gasteiger partial charge on any atom is 0.262 e. The van der Waals surface area contributed by atoms with E-state index in [1.54, 1.807) is 35.9 Å². The standard InChI is InChI=1S/C25H23N5O4S/c1-4-14(2)20(29-22(32)15-9-5-6-10-16(15)23(29)33)21(31)26-24-27-25-30(28-24)18(13-35-25)17-11-7-8-12-19(17)34-3/h5-14,20H,4H2,1-3H3,(H,26,28,31). The van der Waals surface area contributed by atoms with Gasteiger partial charge in [-0.3, -0.25) is 24.6 Å². The third-order valence-corrected chi connectivity index (χ3v) is 7.07. The van der Waals surface area contributed by atoms with Crippen molar-refractivity contribution < 1.29 is 19.1 Å². The smallest absolute Gasteiger partial charge is 0.262 e. The van der Waals surface area contributed by atoms with Crippen molar-refractivity contribution in [2.45, 2.75) is 26.3 Å². The molecule has 3 heterocycles. The van der Waals surface area contributed by atoms with Crippen LogP contribution in [0.25, 0.3) is 16.2 Å². The molecule has 1 N–H and O–H groups in total. The number of rotatable bonds is 7. The molecule has 0 aliphatic carbocycles. The van der Waals surface area contributed by atoms with Gasteiger partial charge in [0.25, 0.3) is 17.8 Å². The van der Waals surface area contributed by atoms with Crippen LogP contribution in [0.5, 0.6) is 5.75 Å². The summed E-state index contributed by atoms with van der Waals surface area (Å²) in [6, 6.07) is 13.2. The lowest BCUT2D eigenvalue weighted by molar-refractivity contribution is -0.121. The van der Waals surface area contributed by atoms with E-state index in [1.807, 2.05) is 43.5 Å². The van der Waals surface area contributed by atoms with E-state index >= 15 is 0 Å². The molecule has 2 aromatic heterocycles. The first kappa shape index (κ1) is 22.7. The number of anilines is 1. The van der Waals surface area contributed by atoms with Gasteiger partial charge in [-0.05, 0) is 30.2 Å². The van der Waals surface area contributed by atoms with E-state index in [-0.39, 0.29) is 11.9 Å². The number of amides is 3. The third kappa shape index (κ3) is 3.75. The summed E-state index contributed by atoms with van der Waals surface area (Å²) in [6.07, 6.45) is 0.592. The first-order chi connectivity index (χ1) is 16.9. The molecule has 0 saturated carbocycles. The molecular formula is C25H23N5O4S. The van der Waals surface area contributed by atoms with Crippen molar-refractivity contribution in [2.24, 2.45) is 5.92 Å². The molecule has 9 nitrogen and oxygen atoms in total. The molecule has 0 saturated heterocycles. The molecule has 2 atom stereocenters. The van der Waals surface area contributed by atoms with E-state index < -0.39 is 23.8 Å². The Morgan fingerprint density at radius 2 is 1.69 bits per heavy atom. The highest BCUT2D eigenvalue weighted by molar-refractivity contribution is 7.15. The Balaban J connectivity index is 1.46. The van der Waals surface area contributed by atoms with E-state index in [0.29, 0.717) is 28.3 Å². The Morgan fingerprint density at radius 1 is 1.06 bits per heavy atom. The fourth-order valence-electron chi connectivity index (χ4n) is 4.27. The lowest BCUT2D eigenvalue weighted by Crippen LogP contribution is -2.50. The number of thiazole rings is 1. The molecule has 2 unspecified atom stereocenters. The second-order valence-electron chi connectivity index (χ2n) is 8.30. The number of hydrogen-bond donors (Lipinski definition) is 1. The van der Waals surface area contributed by atoms with E-state index in [0.717, 1.165) is 16.2 Å². The monoisotopic (exact) mass is 489 g/mol. The molecule has 1 aliphatic heterocycles. The molecule has 0 bridgehead atoms. The average Bonchev–Trinajstić information content (AvgIpc) is 3.52. The van der Waals surface area contributed by atoms with Crippen molar-refractivity contribution in [3.8, 4) is 17.0 Å². The molecule has 10 heteroatoms. The number of carbonyl (C=O) groups is 3. The highest BCUT2D eigenvalue weighted by atomic mass is 32.1. The first-order valence-corrected chi connectivity index (χ1v) is 12.1. The van der Waals surface area contributed by atoms with E-state index in [9.17, 15) is 14.4 Å². The van der Waals surface area contributed by atoms with Crippen LogP contribution in [0.4, 0.5) is 5.95 Å². The molecule has 35 heavy (non-hydrogen) atoms. The van der Waals surface area contributed by atoms with Crippen molar-refractivity contribution in [3.63, 3.8) is 0 Å². The van der Waals surface area contributed by atoms with Crippen molar-refractivity contribution in [3.05, 3.63) is 65.0 Å². The van der Waals surface area contributed by atoms with Gasteiger partial charge < -0.3 is 4.74 Å². The number of nitrogens with one attached hydrogen (secondary N) is 1. The minimum atomic E-state index is -0.998. The van der Waals surface area contributed by atoms with Crippen LogP contribution in [0.15, 0.2) is 53.9 Å². The van der Waals surface area contributed by atoms with Crippen LogP contribution in [0, 0.1) is 5.92 Å². The summed E-state index contributed by atoms with van der Waals surface area (Å²) in [5.74, 6) is -0.929. The summed E-state index contributed by atoms with van der Waals surface area (Å²) in [4.78, 5) is 45.6. The van der Waals surface area contributed by atoms with Crippen LogP contribution in [0.1, 0.15) is 41.0 Å². The lowest BCUT2D eigenvalue weighted by Gasteiger charge is -2.29. The zero-order valence-corrected chi connectivity index (χ0v) is 20.2. The van der Waals surface area contributed by atoms with Crippen molar-refractivity contribution in [1.82, 2.24) is 19.5 Å². The number of fused-ring (bicyclic) bond motifs is 2. The summed E-state index contributed by atoms with van der Waals surface area (Å²) < 4.78 is 7.10. The van der Waals surface area contributed by atoms with Crippen molar-refractivity contribution >= 4 is 40.0 Å². The summed E-state index contributed by atoms with van der Waals surface area (Å²) >= 11 is 1.38. The molecule has 4 aromatic rings. The molecule has 178 valence electrons. The van der Waals surface area contributed by atoms with Gasteiger partial charge in [0, 0.05) is 10.9 Å². The molecule has 0 radical (unpaired) electrons. The second kappa shape index (κ2) is 8.95. The van der Waals surface area contributed by atoms with Crippen LogP contribution in [-0.2, 0) is 4.79 Å². The van der Waals surface area contributed by atoms with Gasteiger partial charge in [0.15, 0.2) is 0 Å². The van der Waals surface area contributed by atoms with Gasteiger partial charge in [0.2, 0.25) is 10.9 Å². The van der Waals surface area contributed by atoms with E-state index in [4.69, 9.17) is 4.74 Å². The first-order valence-electron chi connectivity index (χ1n) is 11.2. The number of para-hydroxylation sites is 1. The van der Waals surface area contributed by atoms with Crippen molar-refractivity contribution in [2.75, 3.05) is 12.4 Å². The van der Waals surface area contributed by atoms with Gasteiger partial charge >= 0.3 is 0 Å². The number of benzene rings is 2.